The summed E-state index contributed by atoms with van der Waals surface area (Å²) < 4.78 is 25.6. The summed E-state index contributed by atoms with van der Waals surface area (Å²) in [5, 5.41) is 9.89. The molecule has 20 heavy (non-hydrogen) atoms. The van der Waals surface area contributed by atoms with Crippen molar-refractivity contribution in [2.75, 3.05) is 0 Å². The largest absolute Gasteiger partial charge is 0.386 e. The molecule has 0 aliphatic rings. The summed E-state index contributed by atoms with van der Waals surface area (Å²) in [7, 11) is -3.56. The molecule has 0 bridgehead atoms. The van der Waals surface area contributed by atoms with Crippen LogP contribution in [0.3, 0.4) is 0 Å². The lowest BCUT2D eigenvalue weighted by Gasteiger charge is -2.18. The predicted octanol–water partition coefficient (Wildman–Crippen LogP) is 3.51. The van der Waals surface area contributed by atoms with Gasteiger partial charge in [-0.25, -0.2) is 8.42 Å². The number of aliphatic hydroxyl groups is 1. The van der Waals surface area contributed by atoms with Crippen LogP contribution in [0, 0.1) is 0 Å². The van der Waals surface area contributed by atoms with Crippen molar-refractivity contribution in [2.45, 2.75) is 29.2 Å². The highest BCUT2D eigenvalue weighted by Gasteiger charge is 2.22. The van der Waals surface area contributed by atoms with Gasteiger partial charge in [-0.2, -0.15) is 0 Å². The second-order valence-electron chi connectivity index (χ2n) is 5.02. The average Bonchev–Trinajstić information content (AvgIpc) is 2.38. The maximum Gasteiger partial charge on any atom is 0.207 e. The van der Waals surface area contributed by atoms with Crippen molar-refractivity contribution >= 4 is 25.8 Å². The lowest BCUT2D eigenvalue weighted by molar-refractivity contribution is 0.0785. The molecule has 0 saturated carbocycles. The topological polar surface area (TPSA) is 54.4 Å². The molecular formula is C15H15BrO3S. The Kier molecular flexibility index (Phi) is 4.04. The Morgan fingerprint density at radius 2 is 1.55 bits per heavy atom. The monoisotopic (exact) mass is 354 g/mol. The molecule has 5 heteroatoms. The predicted molar refractivity (Wildman–Crippen MR) is 81.3 cm³/mol. The number of rotatable bonds is 3. The summed E-state index contributed by atoms with van der Waals surface area (Å²) in [5.41, 5.74) is -0.320. The second kappa shape index (κ2) is 5.31. The van der Waals surface area contributed by atoms with E-state index in [1.165, 1.54) is 12.1 Å². The number of benzene rings is 2. The fourth-order valence-electron chi connectivity index (χ4n) is 1.83. The third kappa shape index (κ3) is 2.95. The summed E-state index contributed by atoms with van der Waals surface area (Å²) in [5.74, 6) is 0. The lowest BCUT2D eigenvalue weighted by Crippen LogP contribution is -2.15. The van der Waals surface area contributed by atoms with Crippen LogP contribution in [0.25, 0.3) is 0 Å². The van der Waals surface area contributed by atoms with Gasteiger partial charge in [-0.05, 0) is 59.6 Å². The van der Waals surface area contributed by atoms with Gasteiger partial charge in [0.05, 0.1) is 15.4 Å². The Bertz CT molecular complexity index is 714. The zero-order chi connectivity index (χ0) is 15.0. The van der Waals surface area contributed by atoms with Crippen molar-refractivity contribution in [2.24, 2.45) is 0 Å². The third-order valence-corrected chi connectivity index (χ3v) is 5.78. The first kappa shape index (κ1) is 15.2. The zero-order valence-corrected chi connectivity index (χ0v) is 13.6. The van der Waals surface area contributed by atoms with E-state index in [1.54, 1.807) is 50.2 Å². The summed E-state index contributed by atoms with van der Waals surface area (Å²) in [4.78, 5) is 0.438. The molecule has 106 valence electrons. The molecule has 0 atom stereocenters. The van der Waals surface area contributed by atoms with Crippen molar-refractivity contribution in [1.29, 1.82) is 0 Å². The van der Waals surface area contributed by atoms with Crippen LogP contribution < -0.4 is 0 Å². The van der Waals surface area contributed by atoms with Crippen LogP contribution in [-0.4, -0.2) is 13.5 Å². The molecule has 0 amide bonds. The standard InChI is InChI=1S/C15H15BrO3S/c1-15(2,17)11-7-9-12(10-8-11)20(18,19)14-6-4-3-5-13(14)16/h3-10,17H,1-2H3. The minimum atomic E-state index is -3.56. The van der Waals surface area contributed by atoms with Gasteiger partial charge in [0.2, 0.25) is 9.84 Å². The van der Waals surface area contributed by atoms with Gasteiger partial charge in [-0.3, -0.25) is 0 Å². The van der Waals surface area contributed by atoms with Crippen LogP contribution >= 0.6 is 15.9 Å². The van der Waals surface area contributed by atoms with Crippen LogP contribution in [0.4, 0.5) is 0 Å². The first-order valence-corrected chi connectivity index (χ1v) is 8.33. The fraction of sp³-hybridized carbons (Fsp3) is 0.200. The first-order valence-electron chi connectivity index (χ1n) is 6.05. The van der Waals surface area contributed by atoms with E-state index in [0.29, 0.717) is 10.0 Å². The van der Waals surface area contributed by atoms with Crippen LogP contribution in [0.1, 0.15) is 19.4 Å². The molecule has 0 heterocycles. The van der Waals surface area contributed by atoms with Gasteiger partial charge in [0.1, 0.15) is 0 Å². The van der Waals surface area contributed by atoms with E-state index >= 15 is 0 Å². The first-order chi connectivity index (χ1) is 9.23. The summed E-state index contributed by atoms with van der Waals surface area (Å²) in [6, 6.07) is 13.0. The van der Waals surface area contributed by atoms with E-state index in [1.807, 2.05) is 0 Å². The quantitative estimate of drug-likeness (QED) is 0.917. The molecule has 0 spiro atoms. The van der Waals surface area contributed by atoms with E-state index in [2.05, 4.69) is 15.9 Å². The molecular weight excluding hydrogens is 340 g/mol. The lowest BCUT2D eigenvalue weighted by atomic mass is 9.99. The van der Waals surface area contributed by atoms with Crippen molar-refractivity contribution in [3.05, 3.63) is 58.6 Å². The van der Waals surface area contributed by atoms with Crippen LogP contribution in [0.2, 0.25) is 0 Å². The molecule has 0 fully saturated rings. The molecule has 1 N–H and O–H groups in total. The van der Waals surface area contributed by atoms with Crippen molar-refractivity contribution < 1.29 is 13.5 Å². The highest BCUT2D eigenvalue weighted by Crippen LogP contribution is 2.29. The van der Waals surface area contributed by atoms with Gasteiger partial charge in [-0.15, -0.1) is 0 Å². The van der Waals surface area contributed by atoms with Gasteiger partial charge < -0.3 is 5.11 Å². The minimum Gasteiger partial charge on any atom is -0.386 e. The van der Waals surface area contributed by atoms with Crippen LogP contribution in [-0.2, 0) is 15.4 Å². The molecule has 2 aromatic carbocycles. The molecule has 0 aromatic heterocycles. The van der Waals surface area contributed by atoms with Gasteiger partial charge in [0.25, 0.3) is 0 Å². The van der Waals surface area contributed by atoms with Gasteiger partial charge >= 0.3 is 0 Å². The van der Waals surface area contributed by atoms with E-state index in [0.717, 1.165) is 0 Å². The minimum absolute atomic E-state index is 0.206. The maximum absolute atomic E-state index is 12.5. The Morgan fingerprint density at radius 1 is 1.00 bits per heavy atom. The Labute approximate surface area is 127 Å². The molecule has 0 aliphatic carbocycles. The highest BCUT2D eigenvalue weighted by molar-refractivity contribution is 9.10. The van der Waals surface area contributed by atoms with Crippen molar-refractivity contribution in [3.63, 3.8) is 0 Å². The number of hydrogen-bond acceptors (Lipinski definition) is 3. The SMILES string of the molecule is CC(C)(O)c1ccc(S(=O)(=O)c2ccccc2Br)cc1. The molecule has 3 nitrogen and oxygen atoms in total. The van der Waals surface area contributed by atoms with Crippen molar-refractivity contribution in [3.8, 4) is 0 Å². The van der Waals surface area contributed by atoms with Crippen LogP contribution in [0.5, 0.6) is 0 Å². The number of sulfone groups is 1. The smallest absolute Gasteiger partial charge is 0.207 e. The summed E-state index contributed by atoms with van der Waals surface area (Å²) in [6.07, 6.45) is 0. The molecule has 0 unspecified atom stereocenters. The normalized spacial score (nSPS) is 12.4. The van der Waals surface area contributed by atoms with Gasteiger partial charge in [-0.1, -0.05) is 24.3 Å². The van der Waals surface area contributed by atoms with Gasteiger partial charge in [0, 0.05) is 4.47 Å². The van der Waals surface area contributed by atoms with Gasteiger partial charge in [0.15, 0.2) is 0 Å². The summed E-state index contributed by atoms with van der Waals surface area (Å²) in [6.45, 7) is 3.31. The number of halogens is 1. The Morgan fingerprint density at radius 3 is 2.05 bits per heavy atom. The summed E-state index contributed by atoms with van der Waals surface area (Å²) >= 11 is 3.26. The maximum atomic E-state index is 12.5. The average molecular weight is 355 g/mol. The van der Waals surface area contributed by atoms with Crippen LogP contribution in [0.15, 0.2) is 62.8 Å². The number of hydrogen-bond donors (Lipinski definition) is 1. The van der Waals surface area contributed by atoms with E-state index < -0.39 is 15.4 Å². The van der Waals surface area contributed by atoms with E-state index in [4.69, 9.17) is 0 Å². The Hall–Kier alpha value is -1.17. The van der Waals surface area contributed by atoms with Crippen molar-refractivity contribution in [1.82, 2.24) is 0 Å². The fourth-order valence-corrected chi connectivity index (χ4v) is 4.09. The third-order valence-electron chi connectivity index (χ3n) is 3.00. The molecule has 0 radical (unpaired) electrons. The van der Waals surface area contributed by atoms with E-state index in [9.17, 15) is 13.5 Å². The highest BCUT2D eigenvalue weighted by atomic mass is 79.9. The van der Waals surface area contributed by atoms with E-state index in [-0.39, 0.29) is 9.79 Å². The Balaban J connectivity index is 2.49. The molecule has 2 rings (SSSR count). The molecule has 0 aliphatic heterocycles. The second-order valence-corrected chi connectivity index (χ2v) is 7.79. The molecule has 2 aromatic rings. The zero-order valence-electron chi connectivity index (χ0n) is 11.2. The molecule has 0 saturated heterocycles.